The largest absolute Gasteiger partial charge is 0.489 e. The van der Waals surface area contributed by atoms with Gasteiger partial charge in [-0.15, -0.1) is 0 Å². The first-order chi connectivity index (χ1) is 7.72. The fourth-order valence-electron chi connectivity index (χ4n) is 1.23. The Morgan fingerprint density at radius 2 is 2.44 bits per heavy atom. The van der Waals surface area contributed by atoms with Crippen LogP contribution in [0.1, 0.15) is 5.76 Å². The second-order valence-electron chi connectivity index (χ2n) is 2.98. The second-order valence-corrected chi connectivity index (χ2v) is 3.34. The molecule has 0 spiro atoms. The monoisotopic (exact) mass is 241 g/mol. The van der Waals surface area contributed by atoms with E-state index in [2.05, 4.69) is 10.1 Å². The SMILES string of the molecule is COc1c(Cl)ncn(Cc2ccno2)c1=O. The fourth-order valence-corrected chi connectivity index (χ4v) is 1.43. The van der Waals surface area contributed by atoms with E-state index in [1.807, 2.05) is 0 Å². The number of aromatic nitrogens is 3. The maximum atomic E-state index is 11.8. The van der Waals surface area contributed by atoms with Crippen molar-refractivity contribution in [2.24, 2.45) is 0 Å². The molecule has 2 aromatic heterocycles. The molecule has 0 aliphatic rings. The van der Waals surface area contributed by atoms with Crippen LogP contribution in [-0.2, 0) is 6.54 Å². The van der Waals surface area contributed by atoms with Gasteiger partial charge in [-0.3, -0.25) is 9.36 Å². The first-order valence-corrected chi connectivity index (χ1v) is 4.78. The summed E-state index contributed by atoms with van der Waals surface area (Å²) < 4.78 is 11.1. The molecule has 84 valence electrons. The van der Waals surface area contributed by atoms with Gasteiger partial charge < -0.3 is 9.26 Å². The lowest BCUT2D eigenvalue weighted by molar-refractivity contribution is 0.368. The molecule has 0 atom stereocenters. The molecule has 0 aliphatic carbocycles. The van der Waals surface area contributed by atoms with Crippen molar-refractivity contribution in [1.29, 1.82) is 0 Å². The molecule has 0 saturated carbocycles. The van der Waals surface area contributed by atoms with Crippen molar-refractivity contribution in [3.63, 3.8) is 0 Å². The van der Waals surface area contributed by atoms with Gasteiger partial charge in [-0.25, -0.2) is 4.98 Å². The van der Waals surface area contributed by atoms with Crippen molar-refractivity contribution < 1.29 is 9.26 Å². The molecule has 2 rings (SSSR count). The minimum atomic E-state index is -0.362. The topological polar surface area (TPSA) is 70.2 Å². The van der Waals surface area contributed by atoms with E-state index in [-0.39, 0.29) is 23.0 Å². The van der Waals surface area contributed by atoms with Crippen LogP contribution < -0.4 is 10.3 Å². The lowest BCUT2D eigenvalue weighted by Gasteiger charge is -2.05. The van der Waals surface area contributed by atoms with E-state index in [0.29, 0.717) is 5.76 Å². The number of nitrogens with zero attached hydrogens (tertiary/aromatic N) is 3. The lowest BCUT2D eigenvalue weighted by Crippen LogP contribution is -2.22. The van der Waals surface area contributed by atoms with E-state index in [9.17, 15) is 4.79 Å². The van der Waals surface area contributed by atoms with E-state index in [1.54, 1.807) is 6.07 Å². The van der Waals surface area contributed by atoms with Crippen molar-refractivity contribution in [2.45, 2.75) is 6.54 Å². The summed E-state index contributed by atoms with van der Waals surface area (Å²) in [4.78, 5) is 15.6. The summed E-state index contributed by atoms with van der Waals surface area (Å²) in [5.74, 6) is 0.567. The number of rotatable bonds is 3. The van der Waals surface area contributed by atoms with Crippen LogP contribution in [0, 0.1) is 0 Å². The van der Waals surface area contributed by atoms with Gasteiger partial charge in [0, 0.05) is 6.07 Å². The van der Waals surface area contributed by atoms with Crippen LogP contribution in [0.4, 0.5) is 0 Å². The van der Waals surface area contributed by atoms with Crippen LogP contribution in [0.25, 0.3) is 0 Å². The predicted octanol–water partition coefficient (Wildman–Crippen LogP) is 0.942. The maximum absolute atomic E-state index is 11.8. The van der Waals surface area contributed by atoms with Crippen LogP contribution in [0.5, 0.6) is 5.75 Å². The van der Waals surface area contributed by atoms with Crippen molar-refractivity contribution in [2.75, 3.05) is 7.11 Å². The molecule has 6 nitrogen and oxygen atoms in total. The van der Waals surface area contributed by atoms with Crippen LogP contribution >= 0.6 is 11.6 Å². The quantitative estimate of drug-likeness (QED) is 0.748. The highest BCUT2D eigenvalue weighted by Gasteiger charge is 2.11. The zero-order valence-electron chi connectivity index (χ0n) is 8.38. The zero-order chi connectivity index (χ0) is 11.5. The van der Waals surface area contributed by atoms with Gasteiger partial charge in [0.05, 0.1) is 26.2 Å². The second kappa shape index (κ2) is 4.36. The summed E-state index contributed by atoms with van der Waals surface area (Å²) in [5.41, 5.74) is -0.362. The van der Waals surface area contributed by atoms with Gasteiger partial charge in [0.2, 0.25) is 5.75 Å². The molecule has 2 heterocycles. The predicted molar refractivity (Wildman–Crippen MR) is 55.7 cm³/mol. The molecule has 0 radical (unpaired) electrons. The number of methoxy groups -OCH3 is 1. The molecule has 0 bridgehead atoms. The normalized spacial score (nSPS) is 10.4. The van der Waals surface area contributed by atoms with Crippen LogP contribution in [0.2, 0.25) is 5.15 Å². The van der Waals surface area contributed by atoms with Gasteiger partial charge >= 0.3 is 0 Å². The molecule has 0 N–H and O–H groups in total. The molecule has 16 heavy (non-hydrogen) atoms. The Balaban J connectivity index is 2.39. The summed E-state index contributed by atoms with van der Waals surface area (Å²) in [6, 6.07) is 1.66. The minimum absolute atomic E-state index is 0.0173. The first-order valence-electron chi connectivity index (χ1n) is 4.41. The van der Waals surface area contributed by atoms with Gasteiger partial charge in [0.1, 0.15) is 0 Å². The number of hydrogen-bond acceptors (Lipinski definition) is 5. The minimum Gasteiger partial charge on any atom is -0.489 e. The molecule has 0 aliphatic heterocycles. The average molecular weight is 242 g/mol. The van der Waals surface area contributed by atoms with Crippen molar-refractivity contribution in [3.8, 4) is 5.75 Å². The smallest absolute Gasteiger partial charge is 0.297 e. The molecule has 0 saturated heterocycles. The molecule has 0 aromatic carbocycles. The molecular weight excluding hydrogens is 234 g/mol. The zero-order valence-corrected chi connectivity index (χ0v) is 9.14. The van der Waals surface area contributed by atoms with Gasteiger partial charge in [-0.05, 0) is 0 Å². The van der Waals surface area contributed by atoms with Crippen LogP contribution in [0.15, 0.2) is 27.9 Å². The molecule has 0 amide bonds. The Bertz CT molecular complexity index is 535. The highest BCUT2D eigenvalue weighted by molar-refractivity contribution is 6.30. The van der Waals surface area contributed by atoms with Gasteiger partial charge in [0.15, 0.2) is 10.9 Å². The molecule has 7 heteroatoms. The molecule has 0 unspecified atom stereocenters. The number of hydrogen-bond donors (Lipinski definition) is 0. The van der Waals surface area contributed by atoms with Gasteiger partial charge in [-0.1, -0.05) is 16.8 Å². The van der Waals surface area contributed by atoms with E-state index >= 15 is 0 Å². The van der Waals surface area contributed by atoms with E-state index in [1.165, 1.54) is 24.2 Å². The Labute approximate surface area is 95.4 Å². The summed E-state index contributed by atoms with van der Waals surface area (Å²) in [7, 11) is 1.36. The van der Waals surface area contributed by atoms with Crippen LogP contribution in [0.3, 0.4) is 0 Å². The summed E-state index contributed by atoms with van der Waals surface area (Å²) >= 11 is 5.70. The third-order valence-electron chi connectivity index (χ3n) is 1.97. The lowest BCUT2D eigenvalue weighted by atomic mass is 10.4. The highest BCUT2D eigenvalue weighted by atomic mass is 35.5. The number of halogens is 1. The Kier molecular flexibility index (Phi) is 2.91. The summed E-state index contributed by atoms with van der Waals surface area (Å²) in [6.45, 7) is 0.235. The molecule has 2 aromatic rings. The Morgan fingerprint density at radius 1 is 1.62 bits per heavy atom. The standard InChI is InChI=1S/C9H8ClN3O3/c1-15-7-8(10)11-5-13(9(7)14)4-6-2-3-12-16-6/h2-3,5H,4H2,1H3. The first kappa shape index (κ1) is 10.7. The van der Waals surface area contributed by atoms with Crippen molar-refractivity contribution in [3.05, 3.63) is 39.9 Å². The maximum Gasteiger partial charge on any atom is 0.297 e. The van der Waals surface area contributed by atoms with Gasteiger partial charge in [0.25, 0.3) is 5.56 Å². The highest BCUT2D eigenvalue weighted by Crippen LogP contribution is 2.15. The van der Waals surface area contributed by atoms with E-state index in [4.69, 9.17) is 20.9 Å². The Morgan fingerprint density at radius 3 is 3.06 bits per heavy atom. The number of ether oxygens (including phenoxy) is 1. The van der Waals surface area contributed by atoms with Crippen molar-refractivity contribution in [1.82, 2.24) is 14.7 Å². The fraction of sp³-hybridized carbons (Fsp3) is 0.222. The van der Waals surface area contributed by atoms with Crippen molar-refractivity contribution >= 4 is 11.6 Å². The summed E-state index contributed by atoms with van der Waals surface area (Å²) in [5, 5.41) is 3.58. The summed E-state index contributed by atoms with van der Waals surface area (Å²) in [6.07, 6.45) is 2.83. The Hall–Kier alpha value is -1.82. The average Bonchev–Trinajstić information content (AvgIpc) is 2.76. The third-order valence-corrected chi connectivity index (χ3v) is 2.24. The van der Waals surface area contributed by atoms with E-state index < -0.39 is 0 Å². The van der Waals surface area contributed by atoms with Gasteiger partial charge in [-0.2, -0.15) is 0 Å². The molecular formula is C9H8ClN3O3. The van der Waals surface area contributed by atoms with E-state index in [0.717, 1.165) is 0 Å². The third kappa shape index (κ3) is 1.92. The molecule has 0 fully saturated rings. The van der Waals surface area contributed by atoms with Crippen LogP contribution in [-0.4, -0.2) is 21.8 Å².